The SMILES string of the molecule is CCCN1CCn2cc(C(=O)N3CCN(c4ccccc4)CC3)nc2C1. The van der Waals surface area contributed by atoms with E-state index in [1.54, 1.807) is 0 Å². The number of aromatic nitrogens is 2. The van der Waals surface area contributed by atoms with Gasteiger partial charge in [0, 0.05) is 51.2 Å². The predicted octanol–water partition coefficient (Wildman–Crippen LogP) is 2.07. The molecule has 0 unspecified atom stereocenters. The summed E-state index contributed by atoms with van der Waals surface area (Å²) in [5, 5.41) is 0. The number of piperazine rings is 1. The van der Waals surface area contributed by atoms with Gasteiger partial charge in [-0.3, -0.25) is 9.69 Å². The molecule has 6 nitrogen and oxygen atoms in total. The molecule has 0 atom stereocenters. The number of rotatable bonds is 4. The third-order valence-electron chi connectivity index (χ3n) is 5.33. The molecule has 1 aromatic carbocycles. The van der Waals surface area contributed by atoms with Gasteiger partial charge in [-0.15, -0.1) is 0 Å². The van der Waals surface area contributed by atoms with Gasteiger partial charge in [-0.2, -0.15) is 0 Å². The maximum absolute atomic E-state index is 12.9. The lowest BCUT2D eigenvalue weighted by molar-refractivity contribution is 0.0741. The van der Waals surface area contributed by atoms with Crippen molar-refractivity contribution in [2.24, 2.45) is 0 Å². The molecular weight excluding hydrogens is 326 g/mol. The first-order chi connectivity index (χ1) is 12.7. The van der Waals surface area contributed by atoms with E-state index >= 15 is 0 Å². The maximum Gasteiger partial charge on any atom is 0.274 e. The van der Waals surface area contributed by atoms with Crippen molar-refractivity contribution in [3.63, 3.8) is 0 Å². The third-order valence-corrected chi connectivity index (χ3v) is 5.33. The van der Waals surface area contributed by atoms with Crippen LogP contribution in [0.15, 0.2) is 36.5 Å². The third kappa shape index (κ3) is 3.46. The molecule has 26 heavy (non-hydrogen) atoms. The molecule has 1 saturated heterocycles. The second-order valence-electron chi connectivity index (χ2n) is 7.13. The fraction of sp³-hybridized carbons (Fsp3) is 0.500. The van der Waals surface area contributed by atoms with Gasteiger partial charge in [0.05, 0.1) is 6.54 Å². The first kappa shape index (κ1) is 17.1. The lowest BCUT2D eigenvalue weighted by Gasteiger charge is -2.35. The Labute approximate surface area is 155 Å². The Bertz CT molecular complexity index is 749. The summed E-state index contributed by atoms with van der Waals surface area (Å²) in [5.41, 5.74) is 1.83. The lowest BCUT2D eigenvalue weighted by Crippen LogP contribution is -2.48. The monoisotopic (exact) mass is 353 g/mol. The molecule has 0 radical (unpaired) electrons. The fourth-order valence-electron chi connectivity index (χ4n) is 3.88. The van der Waals surface area contributed by atoms with E-state index in [4.69, 9.17) is 0 Å². The van der Waals surface area contributed by atoms with Gasteiger partial charge in [0.25, 0.3) is 5.91 Å². The van der Waals surface area contributed by atoms with E-state index in [0.29, 0.717) is 5.69 Å². The van der Waals surface area contributed by atoms with Gasteiger partial charge in [0.15, 0.2) is 0 Å². The number of hydrogen-bond donors (Lipinski definition) is 0. The number of benzene rings is 1. The average Bonchev–Trinajstić information content (AvgIpc) is 3.12. The van der Waals surface area contributed by atoms with Crippen LogP contribution in [0.3, 0.4) is 0 Å². The number of anilines is 1. The van der Waals surface area contributed by atoms with Crippen LogP contribution in [0.2, 0.25) is 0 Å². The van der Waals surface area contributed by atoms with Gasteiger partial charge in [0.1, 0.15) is 11.5 Å². The van der Waals surface area contributed by atoms with Crippen molar-refractivity contribution in [2.75, 3.05) is 44.2 Å². The maximum atomic E-state index is 12.9. The number of nitrogens with zero attached hydrogens (tertiary/aromatic N) is 5. The van der Waals surface area contributed by atoms with Crippen LogP contribution in [0, 0.1) is 0 Å². The van der Waals surface area contributed by atoms with E-state index in [2.05, 4.69) is 50.5 Å². The summed E-state index contributed by atoms with van der Waals surface area (Å²) in [5.74, 6) is 1.10. The fourth-order valence-corrected chi connectivity index (χ4v) is 3.88. The lowest BCUT2D eigenvalue weighted by atomic mass is 10.2. The minimum absolute atomic E-state index is 0.0710. The van der Waals surface area contributed by atoms with E-state index in [1.807, 2.05) is 17.2 Å². The molecular formula is C20H27N5O. The highest BCUT2D eigenvalue weighted by Crippen LogP contribution is 2.18. The molecule has 3 heterocycles. The zero-order chi connectivity index (χ0) is 17.9. The number of para-hydroxylation sites is 1. The summed E-state index contributed by atoms with van der Waals surface area (Å²) < 4.78 is 2.15. The van der Waals surface area contributed by atoms with Crippen molar-refractivity contribution in [1.29, 1.82) is 0 Å². The molecule has 2 aromatic rings. The van der Waals surface area contributed by atoms with Crippen LogP contribution in [0.4, 0.5) is 5.69 Å². The van der Waals surface area contributed by atoms with Crippen molar-refractivity contribution in [3.05, 3.63) is 48.0 Å². The summed E-state index contributed by atoms with van der Waals surface area (Å²) in [7, 11) is 0. The summed E-state index contributed by atoms with van der Waals surface area (Å²) in [6.07, 6.45) is 3.10. The molecule has 0 aliphatic carbocycles. The van der Waals surface area contributed by atoms with E-state index in [0.717, 1.165) is 64.6 Å². The van der Waals surface area contributed by atoms with Gasteiger partial charge in [-0.1, -0.05) is 25.1 Å². The number of fused-ring (bicyclic) bond motifs is 1. The average molecular weight is 353 g/mol. The Morgan fingerprint density at radius 3 is 2.54 bits per heavy atom. The molecule has 138 valence electrons. The highest BCUT2D eigenvalue weighted by molar-refractivity contribution is 5.92. The Hall–Kier alpha value is -2.34. The molecule has 0 saturated carbocycles. The van der Waals surface area contributed by atoms with E-state index in [9.17, 15) is 4.79 Å². The first-order valence-corrected chi connectivity index (χ1v) is 9.62. The molecule has 0 N–H and O–H groups in total. The molecule has 0 bridgehead atoms. The van der Waals surface area contributed by atoms with Crippen molar-refractivity contribution in [2.45, 2.75) is 26.4 Å². The Balaban J connectivity index is 1.39. The van der Waals surface area contributed by atoms with Gasteiger partial charge in [-0.25, -0.2) is 4.98 Å². The van der Waals surface area contributed by atoms with Crippen LogP contribution in [0.5, 0.6) is 0 Å². The van der Waals surface area contributed by atoms with Crippen molar-refractivity contribution < 1.29 is 4.79 Å². The predicted molar refractivity (Wildman–Crippen MR) is 102 cm³/mol. The molecule has 6 heteroatoms. The summed E-state index contributed by atoms with van der Waals surface area (Å²) in [6, 6.07) is 10.4. The smallest absolute Gasteiger partial charge is 0.274 e. The minimum Gasteiger partial charge on any atom is -0.368 e. The highest BCUT2D eigenvalue weighted by atomic mass is 16.2. The van der Waals surface area contributed by atoms with Crippen LogP contribution in [0.25, 0.3) is 0 Å². The van der Waals surface area contributed by atoms with Crippen LogP contribution < -0.4 is 4.90 Å². The van der Waals surface area contributed by atoms with Crippen molar-refractivity contribution in [3.8, 4) is 0 Å². The summed E-state index contributed by atoms with van der Waals surface area (Å²) >= 11 is 0. The number of amides is 1. The van der Waals surface area contributed by atoms with E-state index in [-0.39, 0.29) is 5.91 Å². The topological polar surface area (TPSA) is 44.6 Å². The van der Waals surface area contributed by atoms with Gasteiger partial charge in [0.2, 0.25) is 0 Å². The number of carbonyl (C=O) groups excluding carboxylic acids is 1. The standard InChI is InChI=1S/C20H27N5O/c1-2-8-22-9-10-25-15-18(21-19(25)16-22)20(26)24-13-11-23(12-14-24)17-6-4-3-5-7-17/h3-7,15H,2,8-14,16H2,1H3. The highest BCUT2D eigenvalue weighted by Gasteiger charge is 2.26. The number of imidazole rings is 1. The number of carbonyl (C=O) groups is 1. The summed E-state index contributed by atoms with van der Waals surface area (Å²) in [6.45, 7) is 9.35. The Morgan fingerprint density at radius 1 is 1.04 bits per heavy atom. The zero-order valence-corrected chi connectivity index (χ0v) is 15.5. The molecule has 4 rings (SSSR count). The second-order valence-corrected chi connectivity index (χ2v) is 7.13. The van der Waals surface area contributed by atoms with Crippen molar-refractivity contribution in [1.82, 2.24) is 19.4 Å². The van der Waals surface area contributed by atoms with Gasteiger partial charge >= 0.3 is 0 Å². The summed E-state index contributed by atoms with van der Waals surface area (Å²) in [4.78, 5) is 24.2. The molecule has 2 aliphatic rings. The van der Waals surface area contributed by atoms with E-state index < -0.39 is 0 Å². The minimum atomic E-state index is 0.0710. The molecule has 0 spiro atoms. The van der Waals surface area contributed by atoms with Gasteiger partial charge in [-0.05, 0) is 25.1 Å². The van der Waals surface area contributed by atoms with E-state index in [1.165, 1.54) is 5.69 Å². The molecule has 1 fully saturated rings. The van der Waals surface area contributed by atoms with Crippen LogP contribution in [-0.2, 0) is 13.1 Å². The quantitative estimate of drug-likeness (QED) is 0.844. The Morgan fingerprint density at radius 2 is 1.81 bits per heavy atom. The number of hydrogen-bond acceptors (Lipinski definition) is 4. The molecule has 2 aliphatic heterocycles. The van der Waals surface area contributed by atoms with Gasteiger partial charge < -0.3 is 14.4 Å². The second kappa shape index (κ2) is 7.50. The van der Waals surface area contributed by atoms with Crippen LogP contribution >= 0.6 is 0 Å². The van der Waals surface area contributed by atoms with Crippen LogP contribution in [-0.4, -0.2) is 64.5 Å². The van der Waals surface area contributed by atoms with Crippen LogP contribution in [0.1, 0.15) is 29.7 Å². The normalized spacial score (nSPS) is 18.0. The zero-order valence-electron chi connectivity index (χ0n) is 15.5. The first-order valence-electron chi connectivity index (χ1n) is 9.62. The molecule has 1 aromatic heterocycles. The molecule has 1 amide bonds. The largest absolute Gasteiger partial charge is 0.368 e. The Kier molecular flexibility index (Phi) is 4.93. The van der Waals surface area contributed by atoms with Crippen molar-refractivity contribution >= 4 is 11.6 Å².